The standard InChI is InChI=1S/C21H24N2O4/c1-15-3-5-17(6-4-15)21(26)23-13-11-22(12-14-23)20(25)16(2)27-19-9-7-18(24)8-10-19/h3-10,16,24H,11-14H2,1-2H3. The molecule has 27 heavy (non-hydrogen) atoms. The highest BCUT2D eigenvalue weighted by Gasteiger charge is 2.28. The summed E-state index contributed by atoms with van der Waals surface area (Å²) in [5.41, 5.74) is 1.79. The Labute approximate surface area is 159 Å². The summed E-state index contributed by atoms with van der Waals surface area (Å²) in [7, 11) is 0. The zero-order valence-corrected chi connectivity index (χ0v) is 15.6. The van der Waals surface area contributed by atoms with Crippen LogP contribution in [-0.4, -0.2) is 59.0 Å². The number of phenolic OH excluding ortho intramolecular Hbond substituents is 1. The van der Waals surface area contributed by atoms with Crippen LogP contribution >= 0.6 is 0 Å². The number of carbonyl (C=O) groups is 2. The average Bonchev–Trinajstić information content (AvgIpc) is 2.69. The maximum Gasteiger partial charge on any atom is 0.263 e. The van der Waals surface area contributed by atoms with Gasteiger partial charge < -0.3 is 19.6 Å². The number of rotatable bonds is 4. The molecule has 3 rings (SSSR count). The highest BCUT2D eigenvalue weighted by Crippen LogP contribution is 2.18. The van der Waals surface area contributed by atoms with Gasteiger partial charge in [-0.2, -0.15) is 0 Å². The number of carbonyl (C=O) groups excluding carboxylic acids is 2. The van der Waals surface area contributed by atoms with Gasteiger partial charge in [0.05, 0.1) is 0 Å². The van der Waals surface area contributed by atoms with Gasteiger partial charge in [0.1, 0.15) is 11.5 Å². The van der Waals surface area contributed by atoms with Crippen molar-refractivity contribution in [2.75, 3.05) is 26.2 Å². The number of hydrogen-bond acceptors (Lipinski definition) is 4. The van der Waals surface area contributed by atoms with Crippen LogP contribution in [0.5, 0.6) is 11.5 Å². The molecule has 0 bridgehead atoms. The van der Waals surface area contributed by atoms with Gasteiger partial charge in [0.2, 0.25) is 0 Å². The van der Waals surface area contributed by atoms with Crippen LogP contribution in [0.2, 0.25) is 0 Å². The molecule has 0 radical (unpaired) electrons. The molecule has 1 fully saturated rings. The van der Waals surface area contributed by atoms with Crippen molar-refractivity contribution in [1.82, 2.24) is 9.80 Å². The predicted octanol–water partition coefficient (Wildman–Crippen LogP) is 2.45. The van der Waals surface area contributed by atoms with E-state index in [1.165, 1.54) is 12.1 Å². The highest BCUT2D eigenvalue weighted by atomic mass is 16.5. The summed E-state index contributed by atoms with van der Waals surface area (Å²) in [5, 5.41) is 9.31. The Morgan fingerprint density at radius 1 is 0.926 bits per heavy atom. The molecule has 6 heteroatoms. The summed E-state index contributed by atoms with van der Waals surface area (Å²) in [6.07, 6.45) is -0.631. The molecule has 1 atom stereocenters. The Morgan fingerprint density at radius 3 is 2.07 bits per heavy atom. The van der Waals surface area contributed by atoms with Crippen molar-refractivity contribution in [3.8, 4) is 11.5 Å². The van der Waals surface area contributed by atoms with Gasteiger partial charge in [-0.1, -0.05) is 17.7 Å². The van der Waals surface area contributed by atoms with E-state index in [4.69, 9.17) is 4.74 Å². The lowest BCUT2D eigenvalue weighted by atomic mass is 10.1. The van der Waals surface area contributed by atoms with E-state index in [9.17, 15) is 14.7 Å². The van der Waals surface area contributed by atoms with Gasteiger partial charge in [-0.3, -0.25) is 9.59 Å². The molecule has 2 aromatic carbocycles. The fourth-order valence-electron chi connectivity index (χ4n) is 3.04. The maximum atomic E-state index is 12.6. The molecule has 1 saturated heterocycles. The fourth-order valence-corrected chi connectivity index (χ4v) is 3.04. The minimum absolute atomic E-state index is 0.00418. The van der Waals surface area contributed by atoms with Crippen molar-refractivity contribution in [1.29, 1.82) is 0 Å². The number of hydrogen-bond donors (Lipinski definition) is 1. The van der Waals surface area contributed by atoms with Crippen molar-refractivity contribution in [2.45, 2.75) is 20.0 Å². The van der Waals surface area contributed by atoms with E-state index in [2.05, 4.69) is 0 Å². The van der Waals surface area contributed by atoms with Crippen molar-refractivity contribution >= 4 is 11.8 Å². The second-order valence-electron chi connectivity index (χ2n) is 6.74. The predicted molar refractivity (Wildman–Crippen MR) is 102 cm³/mol. The topological polar surface area (TPSA) is 70.1 Å². The molecule has 0 aromatic heterocycles. The van der Waals surface area contributed by atoms with Gasteiger partial charge in [-0.15, -0.1) is 0 Å². The SMILES string of the molecule is Cc1ccc(C(=O)N2CCN(C(=O)C(C)Oc3ccc(O)cc3)CC2)cc1. The summed E-state index contributed by atoms with van der Waals surface area (Å²) in [5.74, 6) is 0.568. The average molecular weight is 368 g/mol. The summed E-state index contributed by atoms with van der Waals surface area (Å²) in [4.78, 5) is 28.7. The smallest absolute Gasteiger partial charge is 0.263 e. The summed E-state index contributed by atoms with van der Waals surface area (Å²) in [6.45, 7) is 5.67. The number of piperazine rings is 1. The van der Waals surface area contributed by atoms with Crippen LogP contribution in [-0.2, 0) is 4.79 Å². The third-order valence-electron chi connectivity index (χ3n) is 4.67. The van der Waals surface area contributed by atoms with E-state index in [0.29, 0.717) is 37.5 Å². The first kappa shape index (κ1) is 18.8. The lowest BCUT2D eigenvalue weighted by molar-refractivity contribution is -0.139. The first-order chi connectivity index (χ1) is 12.9. The Kier molecular flexibility index (Phi) is 5.64. The quantitative estimate of drug-likeness (QED) is 0.900. The van der Waals surface area contributed by atoms with Gasteiger partial charge in [-0.25, -0.2) is 0 Å². The summed E-state index contributed by atoms with van der Waals surface area (Å²) in [6, 6.07) is 13.8. The minimum atomic E-state index is -0.631. The number of benzene rings is 2. The maximum absolute atomic E-state index is 12.6. The first-order valence-electron chi connectivity index (χ1n) is 9.04. The van der Waals surface area contributed by atoms with Gasteiger partial charge in [0, 0.05) is 31.7 Å². The van der Waals surface area contributed by atoms with Crippen LogP contribution in [0.1, 0.15) is 22.8 Å². The third kappa shape index (κ3) is 4.58. The Bertz CT molecular complexity index is 794. The van der Waals surface area contributed by atoms with Gasteiger partial charge in [0.25, 0.3) is 11.8 Å². The largest absolute Gasteiger partial charge is 0.508 e. The molecule has 1 aliphatic heterocycles. The minimum Gasteiger partial charge on any atom is -0.508 e. The van der Waals surface area contributed by atoms with E-state index >= 15 is 0 Å². The van der Waals surface area contributed by atoms with E-state index < -0.39 is 6.10 Å². The number of phenols is 1. The monoisotopic (exact) mass is 368 g/mol. The van der Waals surface area contributed by atoms with E-state index in [-0.39, 0.29) is 17.6 Å². The van der Waals surface area contributed by atoms with Crippen LogP contribution in [0.15, 0.2) is 48.5 Å². The molecular formula is C21H24N2O4. The lowest BCUT2D eigenvalue weighted by Gasteiger charge is -2.36. The first-order valence-corrected chi connectivity index (χ1v) is 9.04. The Balaban J connectivity index is 1.53. The van der Waals surface area contributed by atoms with Crippen LogP contribution in [0.4, 0.5) is 0 Å². The molecule has 1 N–H and O–H groups in total. The Morgan fingerprint density at radius 2 is 1.48 bits per heavy atom. The van der Waals surface area contributed by atoms with Crippen molar-refractivity contribution in [3.05, 3.63) is 59.7 Å². The normalized spacial score (nSPS) is 15.3. The molecule has 0 aliphatic carbocycles. The number of aromatic hydroxyl groups is 1. The number of aryl methyl sites for hydroxylation is 1. The molecule has 1 unspecified atom stereocenters. The molecule has 142 valence electrons. The second-order valence-corrected chi connectivity index (χ2v) is 6.74. The number of amides is 2. The van der Waals surface area contributed by atoms with Crippen molar-refractivity contribution in [2.24, 2.45) is 0 Å². The summed E-state index contributed by atoms with van der Waals surface area (Å²) < 4.78 is 5.66. The fraction of sp³-hybridized carbons (Fsp3) is 0.333. The van der Waals surface area contributed by atoms with Crippen molar-refractivity contribution < 1.29 is 19.4 Å². The number of nitrogens with zero attached hydrogens (tertiary/aromatic N) is 2. The highest BCUT2D eigenvalue weighted by molar-refractivity contribution is 5.94. The van der Waals surface area contributed by atoms with E-state index in [1.54, 1.807) is 28.9 Å². The zero-order chi connectivity index (χ0) is 19.4. The van der Waals surface area contributed by atoms with Gasteiger partial charge in [0.15, 0.2) is 6.10 Å². The lowest BCUT2D eigenvalue weighted by Crippen LogP contribution is -2.53. The molecular weight excluding hydrogens is 344 g/mol. The van der Waals surface area contributed by atoms with Crippen LogP contribution in [0, 0.1) is 6.92 Å². The van der Waals surface area contributed by atoms with Crippen molar-refractivity contribution in [3.63, 3.8) is 0 Å². The van der Waals surface area contributed by atoms with E-state index in [0.717, 1.165) is 5.56 Å². The second kappa shape index (κ2) is 8.12. The number of ether oxygens (including phenoxy) is 1. The molecule has 2 amide bonds. The Hall–Kier alpha value is -3.02. The van der Waals surface area contributed by atoms with Crippen LogP contribution in [0.3, 0.4) is 0 Å². The third-order valence-corrected chi connectivity index (χ3v) is 4.67. The van der Waals surface area contributed by atoms with Gasteiger partial charge in [-0.05, 0) is 50.2 Å². The molecule has 0 spiro atoms. The molecule has 1 heterocycles. The summed E-state index contributed by atoms with van der Waals surface area (Å²) >= 11 is 0. The van der Waals surface area contributed by atoms with Crippen LogP contribution < -0.4 is 4.74 Å². The molecule has 1 aliphatic rings. The molecule has 6 nitrogen and oxygen atoms in total. The van der Waals surface area contributed by atoms with Crippen LogP contribution in [0.25, 0.3) is 0 Å². The molecule has 0 saturated carbocycles. The van der Waals surface area contributed by atoms with E-state index in [1.807, 2.05) is 31.2 Å². The van der Waals surface area contributed by atoms with Gasteiger partial charge >= 0.3 is 0 Å². The zero-order valence-electron chi connectivity index (χ0n) is 15.6. The molecule has 2 aromatic rings.